The van der Waals surface area contributed by atoms with Crippen LogP contribution in [0.25, 0.3) is 11.0 Å². The second-order valence-electron chi connectivity index (χ2n) is 19.4. The van der Waals surface area contributed by atoms with Crippen LogP contribution in [-0.2, 0) is 14.2 Å². The van der Waals surface area contributed by atoms with Crippen molar-refractivity contribution in [2.24, 2.45) is 5.92 Å². The van der Waals surface area contributed by atoms with Gasteiger partial charge in [-0.3, -0.25) is 44.3 Å². The Bertz CT molecular complexity index is 2930. The van der Waals surface area contributed by atoms with E-state index in [9.17, 15) is 23.7 Å². The van der Waals surface area contributed by atoms with Crippen LogP contribution in [0.4, 0.5) is 34.5 Å². The van der Waals surface area contributed by atoms with Crippen molar-refractivity contribution in [2.45, 2.75) is 57.5 Å². The first-order valence-corrected chi connectivity index (χ1v) is 27.5. The van der Waals surface area contributed by atoms with Gasteiger partial charge < -0.3 is 34.6 Å². The van der Waals surface area contributed by atoms with E-state index < -0.39 is 30.9 Å². The lowest BCUT2D eigenvalue weighted by atomic mass is 9.95. The Labute approximate surface area is 415 Å². The molecule has 4 saturated heterocycles. The van der Waals surface area contributed by atoms with Gasteiger partial charge in [-0.25, -0.2) is 4.98 Å². The monoisotopic (exact) mass is 1030 g/mol. The highest BCUT2D eigenvalue weighted by Gasteiger charge is 2.45. The highest BCUT2D eigenvalue weighted by atomic mass is 79.9. The van der Waals surface area contributed by atoms with E-state index in [1.807, 2.05) is 18.2 Å². The number of carbonyl (C=O) groups is 4. The van der Waals surface area contributed by atoms with E-state index in [-0.39, 0.29) is 18.7 Å². The van der Waals surface area contributed by atoms with Gasteiger partial charge in [0.25, 0.3) is 11.8 Å². The molecule has 5 aromatic rings. The van der Waals surface area contributed by atoms with Crippen LogP contribution in [0.15, 0.2) is 65.5 Å². The summed E-state index contributed by atoms with van der Waals surface area (Å²) in [5.41, 5.74) is 6.49. The summed E-state index contributed by atoms with van der Waals surface area (Å²) in [6.07, 6.45) is 9.44. The van der Waals surface area contributed by atoms with Gasteiger partial charge in [0.1, 0.15) is 30.3 Å². The number of aromatic nitrogens is 4. The number of nitrogens with one attached hydrogen (secondary N) is 3. The smallest absolute Gasteiger partial charge is 0.262 e. The topological polar surface area (TPSA) is 198 Å². The van der Waals surface area contributed by atoms with Crippen LogP contribution >= 0.6 is 23.1 Å². The molecule has 0 bridgehead atoms. The summed E-state index contributed by atoms with van der Waals surface area (Å²) in [6.45, 7) is 14.6. The van der Waals surface area contributed by atoms with Crippen LogP contribution in [0.1, 0.15) is 64.8 Å². The van der Waals surface area contributed by atoms with Crippen molar-refractivity contribution in [3.05, 3.63) is 82.2 Å². The zero-order valence-corrected chi connectivity index (χ0v) is 42.4. The van der Waals surface area contributed by atoms with Crippen LogP contribution < -0.4 is 35.8 Å². The third-order valence-electron chi connectivity index (χ3n) is 14.6. The predicted octanol–water partition coefficient (Wildman–Crippen LogP) is 6.14. The number of hydrogen-bond donors (Lipinski definition) is 3. The Hall–Kier alpha value is -6.01. The maximum atomic E-state index is 13.5. The van der Waals surface area contributed by atoms with Crippen molar-refractivity contribution in [3.63, 3.8) is 0 Å². The van der Waals surface area contributed by atoms with Crippen LogP contribution in [-0.4, -0.2) is 150 Å². The number of amides is 4. The summed E-state index contributed by atoms with van der Waals surface area (Å²) < 4.78 is 20.1. The number of benzene rings is 3. The fraction of sp³-hybridized carbons (Fsp3) is 0.440. The molecule has 20 heteroatoms. The second kappa shape index (κ2) is 19.6. The largest absolute Gasteiger partial charge is 0.494 e. The normalized spacial score (nSPS) is 20.0. The number of halogens is 1. The van der Waals surface area contributed by atoms with Gasteiger partial charge >= 0.3 is 0 Å². The molecule has 18 nitrogen and oxygen atoms in total. The zero-order chi connectivity index (χ0) is 48.8. The zero-order valence-electron chi connectivity index (χ0n) is 39.9. The number of carbonyl (C=O) groups excluding carboxylic acids is 4. The summed E-state index contributed by atoms with van der Waals surface area (Å²) >= 11 is 3.59. The first-order chi connectivity index (χ1) is 33.7. The minimum absolute atomic E-state index is 0.0974. The van der Waals surface area contributed by atoms with Gasteiger partial charge in [0.05, 0.1) is 44.9 Å². The second-order valence-corrected chi connectivity index (χ2v) is 23.4. The van der Waals surface area contributed by atoms with Gasteiger partial charge in [0, 0.05) is 107 Å². The van der Waals surface area contributed by atoms with E-state index in [0.717, 1.165) is 112 Å². The Morgan fingerprint density at radius 2 is 1.53 bits per heavy atom. The quantitative estimate of drug-likeness (QED) is 0.0951. The van der Waals surface area contributed by atoms with E-state index in [0.29, 0.717) is 67.1 Å². The molecule has 0 aliphatic carbocycles. The number of piperazine rings is 1. The molecular formula is C50H58BrN12O6P. The number of ether oxygens (including phenoxy) is 1. The van der Waals surface area contributed by atoms with Gasteiger partial charge in [-0.05, 0) is 116 Å². The average Bonchev–Trinajstić information content (AvgIpc) is 3.60. The molecule has 2 aromatic heterocycles. The first-order valence-electron chi connectivity index (χ1n) is 24.1. The number of hydrogen-bond acceptors (Lipinski definition) is 16. The third-order valence-corrected chi connectivity index (χ3v) is 16.7. The number of aryl methyl sites for hydroxylation is 1. The van der Waals surface area contributed by atoms with Crippen molar-refractivity contribution in [1.29, 1.82) is 0 Å². The summed E-state index contributed by atoms with van der Waals surface area (Å²) in [7, 11) is -1.10. The van der Waals surface area contributed by atoms with Crippen molar-refractivity contribution in [2.75, 3.05) is 99.8 Å². The molecule has 4 fully saturated rings. The lowest BCUT2D eigenvalue weighted by molar-refractivity contribution is -0.136. The number of anilines is 6. The molecule has 5 aliphatic heterocycles. The average molecular weight is 1030 g/mol. The molecule has 0 saturated carbocycles. The Balaban J connectivity index is 0.697. The summed E-state index contributed by atoms with van der Waals surface area (Å²) in [6, 6.07) is 12.9. The Kier molecular flexibility index (Phi) is 13.4. The fourth-order valence-corrected chi connectivity index (χ4v) is 12.6. The van der Waals surface area contributed by atoms with Gasteiger partial charge in [0.15, 0.2) is 0 Å². The van der Waals surface area contributed by atoms with Crippen LogP contribution in [0.5, 0.6) is 5.75 Å². The van der Waals surface area contributed by atoms with Crippen molar-refractivity contribution < 1.29 is 28.5 Å². The molecular weight excluding hydrogens is 976 g/mol. The molecule has 10 rings (SSSR count). The van der Waals surface area contributed by atoms with Crippen molar-refractivity contribution >= 4 is 97.6 Å². The molecule has 1 atom stereocenters. The molecule has 3 N–H and O–H groups in total. The lowest BCUT2D eigenvalue weighted by Crippen LogP contribution is -2.54. The molecule has 0 spiro atoms. The lowest BCUT2D eigenvalue weighted by Gasteiger charge is -2.44. The number of methoxy groups -OCH3 is 1. The van der Waals surface area contributed by atoms with Gasteiger partial charge in [-0.1, -0.05) is 0 Å². The van der Waals surface area contributed by atoms with Gasteiger partial charge in [-0.15, -0.1) is 0 Å². The molecule has 366 valence electrons. The van der Waals surface area contributed by atoms with Crippen molar-refractivity contribution in [3.8, 4) is 5.75 Å². The predicted molar refractivity (Wildman–Crippen MR) is 274 cm³/mol. The number of imide groups is 2. The maximum absolute atomic E-state index is 13.5. The molecule has 3 aromatic carbocycles. The first kappa shape index (κ1) is 47.7. The van der Waals surface area contributed by atoms with Gasteiger partial charge in [0.2, 0.25) is 17.8 Å². The number of piperidine rings is 3. The fourth-order valence-electron chi connectivity index (χ4n) is 10.9. The summed E-state index contributed by atoms with van der Waals surface area (Å²) in [5, 5.41) is 9.63. The van der Waals surface area contributed by atoms with E-state index in [4.69, 9.17) is 9.72 Å². The molecule has 0 radical (unpaired) electrons. The number of rotatable bonds is 12. The Morgan fingerprint density at radius 3 is 2.26 bits per heavy atom. The minimum Gasteiger partial charge on any atom is -0.494 e. The number of nitrogens with zero attached hydrogens (tertiary/aromatic N) is 9. The third kappa shape index (κ3) is 9.60. The van der Waals surface area contributed by atoms with Crippen LogP contribution in [0.3, 0.4) is 0 Å². The highest BCUT2D eigenvalue weighted by molar-refractivity contribution is 9.10. The summed E-state index contributed by atoms with van der Waals surface area (Å²) in [5.74, 6) is 0.227. The molecule has 5 aliphatic rings. The minimum atomic E-state index is -2.78. The van der Waals surface area contributed by atoms with Crippen LogP contribution in [0, 0.1) is 12.8 Å². The maximum Gasteiger partial charge on any atom is 0.262 e. The molecule has 1 unspecified atom stereocenters. The van der Waals surface area contributed by atoms with E-state index >= 15 is 0 Å². The summed E-state index contributed by atoms with van der Waals surface area (Å²) in [4.78, 5) is 80.2. The Morgan fingerprint density at radius 1 is 0.800 bits per heavy atom. The van der Waals surface area contributed by atoms with Crippen molar-refractivity contribution in [1.82, 2.24) is 40.0 Å². The van der Waals surface area contributed by atoms with E-state index in [2.05, 4.69) is 85.5 Å². The SMILES string of the molecule is COc1cc(N2CCC(N3CCN(CC4CCN(c5ccc6c(c5)C(=O)N(C5CCC(=O)NC5=O)C6=O)CC4)CC3)CC2)c(C)cc1Nc1ncc(Br)c(Nc2ccc3nccnc3c2P(C)(C)=O)n1. The standard InChI is InChI=1S/C50H58BrN12O6P/c1-30-25-39(56-50-54-28-36(51)46(58-50)55-38-8-7-37-44(53-16-15-52-37)45(38)70(3,4)68)42(69-2)27-41(30)62-19-13-32(14-20-62)61-23-21-59(22-24-61)29-31-11-17-60(18-12-31)33-5-6-34-35(26-33)49(67)63(48(34)66)40-9-10-43(64)57-47(40)65/h5-8,15-16,25-28,31-32,40H,9-14,17-24,29H2,1-4H3,(H,57,64,65)(H2,54,55,56,58). The van der Waals surface area contributed by atoms with Crippen LogP contribution in [0.2, 0.25) is 0 Å². The van der Waals surface area contributed by atoms with E-state index in [1.165, 1.54) is 0 Å². The molecule has 70 heavy (non-hydrogen) atoms. The molecule has 7 heterocycles. The van der Waals surface area contributed by atoms with E-state index in [1.54, 1.807) is 51.2 Å². The molecule has 4 amide bonds. The van der Waals surface area contributed by atoms with Gasteiger partial charge in [-0.2, -0.15) is 4.98 Å². The highest BCUT2D eigenvalue weighted by Crippen LogP contribution is 2.42. The number of fused-ring (bicyclic) bond motifs is 2.